The zero-order chi connectivity index (χ0) is 12.8. The number of carbonyl (C=O) groups excluding carboxylic acids is 2. The molecule has 0 fully saturated rings. The maximum atomic E-state index is 10.5. The third-order valence-electron chi connectivity index (χ3n) is 1.89. The summed E-state index contributed by atoms with van der Waals surface area (Å²) in [7, 11) is 2.83. The van der Waals surface area contributed by atoms with Crippen LogP contribution < -0.4 is 0 Å². The lowest BCUT2D eigenvalue weighted by Gasteiger charge is -1.95. The molecule has 4 heteroatoms. The van der Waals surface area contributed by atoms with Crippen molar-refractivity contribution in [2.75, 3.05) is 14.2 Å². The number of hydrogen-bond acceptors (Lipinski definition) is 4. The highest BCUT2D eigenvalue weighted by molar-refractivity contribution is 5.69. The topological polar surface area (TPSA) is 52.6 Å². The molecule has 0 aromatic carbocycles. The lowest BCUT2D eigenvalue weighted by Crippen LogP contribution is -1.98. The van der Waals surface area contributed by atoms with Crippen LogP contribution in [0, 0.1) is 0 Å². The van der Waals surface area contributed by atoms with Crippen LogP contribution in [0.15, 0.2) is 0 Å². The first-order valence-electron chi connectivity index (χ1n) is 5.75. The van der Waals surface area contributed by atoms with Crippen molar-refractivity contribution in [3.63, 3.8) is 0 Å². The summed E-state index contributed by atoms with van der Waals surface area (Å²) in [5, 5.41) is 0. The van der Waals surface area contributed by atoms with Gasteiger partial charge in [0.15, 0.2) is 0 Å². The Bertz CT molecular complexity index is 178. The average molecular weight is 232 g/mol. The molecule has 0 saturated heterocycles. The fraction of sp³-hybridized carbons (Fsp3) is 0.833. The lowest BCUT2D eigenvalue weighted by atomic mass is 10.2. The van der Waals surface area contributed by atoms with Crippen molar-refractivity contribution in [2.45, 2.75) is 52.4 Å². The van der Waals surface area contributed by atoms with Crippen LogP contribution in [0.1, 0.15) is 52.4 Å². The second-order valence-corrected chi connectivity index (χ2v) is 3.36. The molecule has 0 heterocycles. The second-order valence-electron chi connectivity index (χ2n) is 3.36. The Morgan fingerprint density at radius 2 is 1.31 bits per heavy atom. The van der Waals surface area contributed by atoms with Gasteiger partial charge < -0.3 is 9.47 Å². The van der Waals surface area contributed by atoms with E-state index < -0.39 is 0 Å². The fourth-order valence-corrected chi connectivity index (χ4v) is 0.928. The molecule has 0 spiro atoms. The van der Waals surface area contributed by atoms with Gasteiger partial charge in [0.2, 0.25) is 0 Å². The first kappa shape index (κ1) is 17.3. The summed E-state index contributed by atoms with van der Waals surface area (Å²) in [5.74, 6) is -0.217. The summed E-state index contributed by atoms with van der Waals surface area (Å²) >= 11 is 0. The van der Waals surface area contributed by atoms with Crippen LogP contribution in [0.25, 0.3) is 0 Å². The van der Waals surface area contributed by atoms with Gasteiger partial charge in [-0.2, -0.15) is 0 Å². The largest absolute Gasteiger partial charge is 0.469 e. The first-order chi connectivity index (χ1) is 7.62. The normalized spacial score (nSPS) is 8.75. The van der Waals surface area contributed by atoms with Crippen LogP contribution in [-0.4, -0.2) is 26.2 Å². The number of hydrogen-bond donors (Lipinski definition) is 0. The highest BCUT2D eigenvalue weighted by Crippen LogP contribution is 1.98. The fourth-order valence-electron chi connectivity index (χ4n) is 0.928. The smallest absolute Gasteiger partial charge is 0.305 e. The number of rotatable bonds is 6. The van der Waals surface area contributed by atoms with Gasteiger partial charge in [-0.25, -0.2) is 0 Å². The van der Waals surface area contributed by atoms with E-state index in [1.807, 2.05) is 6.92 Å². The predicted octanol–water partition coefficient (Wildman–Crippen LogP) is 2.70. The molecule has 0 aromatic heterocycles. The van der Waals surface area contributed by atoms with E-state index in [1.165, 1.54) is 14.2 Å². The van der Waals surface area contributed by atoms with Crippen LogP contribution in [0.5, 0.6) is 0 Å². The minimum atomic E-state index is -0.123. The molecule has 0 atom stereocenters. The van der Waals surface area contributed by atoms with Crippen molar-refractivity contribution in [1.29, 1.82) is 0 Å². The Hall–Kier alpha value is -1.06. The molecule has 0 unspecified atom stereocenters. The minimum absolute atomic E-state index is 0.0940. The van der Waals surface area contributed by atoms with Crippen LogP contribution in [0.3, 0.4) is 0 Å². The summed E-state index contributed by atoms with van der Waals surface area (Å²) in [6.07, 6.45) is 5.21. The molecule has 0 saturated carbocycles. The Morgan fingerprint density at radius 1 is 0.812 bits per heavy atom. The Morgan fingerprint density at radius 3 is 1.62 bits per heavy atom. The van der Waals surface area contributed by atoms with Gasteiger partial charge in [-0.05, 0) is 12.8 Å². The quantitative estimate of drug-likeness (QED) is 0.522. The van der Waals surface area contributed by atoms with Gasteiger partial charge in [-0.3, -0.25) is 9.59 Å². The molecule has 0 amide bonds. The molecule has 0 radical (unpaired) electrons. The number of methoxy groups -OCH3 is 2. The van der Waals surface area contributed by atoms with Crippen molar-refractivity contribution in [3.8, 4) is 0 Å². The van der Waals surface area contributed by atoms with Gasteiger partial charge in [0.05, 0.1) is 14.2 Å². The zero-order valence-corrected chi connectivity index (χ0v) is 10.9. The molecule has 0 aliphatic heterocycles. The summed E-state index contributed by atoms with van der Waals surface area (Å²) in [6.45, 7) is 4.05. The van der Waals surface area contributed by atoms with Gasteiger partial charge in [0, 0.05) is 12.8 Å². The Labute approximate surface area is 98.3 Å². The Kier molecular flexibility index (Phi) is 15.1. The van der Waals surface area contributed by atoms with Crippen molar-refractivity contribution in [3.05, 3.63) is 0 Å². The molecule has 0 N–H and O–H groups in total. The molecule has 96 valence electrons. The maximum absolute atomic E-state index is 10.5. The van der Waals surface area contributed by atoms with Crippen LogP contribution >= 0.6 is 0 Å². The third kappa shape index (κ3) is 15.4. The molecule has 4 nitrogen and oxygen atoms in total. The molecule has 0 bridgehead atoms. The SMILES string of the molecule is CCCC(=O)OC.CCCCCC(=O)OC. The van der Waals surface area contributed by atoms with Crippen LogP contribution in [0.4, 0.5) is 0 Å². The second kappa shape index (κ2) is 13.9. The highest BCUT2D eigenvalue weighted by Gasteiger charge is 1.96. The summed E-state index contributed by atoms with van der Waals surface area (Å²) < 4.78 is 8.81. The van der Waals surface area contributed by atoms with Crippen molar-refractivity contribution in [2.24, 2.45) is 0 Å². The van der Waals surface area contributed by atoms with Crippen molar-refractivity contribution >= 4 is 11.9 Å². The number of carbonyl (C=O) groups is 2. The summed E-state index contributed by atoms with van der Waals surface area (Å²) in [4.78, 5) is 20.7. The standard InChI is InChI=1S/C7H14O2.C5H10O2/c1-3-4-5-6-7(8)9-2;1-3-4-5(6)7-2/h3-6H2,1-2H3;3-4H2,1-2H3. The molecule has 0 aliphatic rings. The van der Waals surface area contributed by atoms with Crippen LogP contribution in [-0.2, 0) is 19.1 Å². The van der Waals surface area contributed by atoms with E-state index in [0.29, 0.717) is 12.8 Å². The van der Waals surface area contributed by atoms with Gasteiger partial charge >= 0.3 is 11.9 Å². The molecular formula is C12H24O4. The number of unbranched alkanes of at least 4 members (excludes halogenated alkanes) is 2. The summed E-state index contributed by atoms with van der Waals surface area (Å²) in [6, 6.07) is 0. The lowest BCUT2D eigenvalue weighted by molar-refractivity contribution is -0.141. The summed E-state index contributed by atoms with van der Waals surface area (Å²) in [5.41, 5.74) is 0. The monoisotopic (exact) mass is 232 g/mol. The van der Waals surface area contributed by atoms with Crippen LogP contribution in [0.2, 0.25) is 0 Å². The molecule has 0 aliphatic carbocycles. The van der Waals surface area contributed by atoms with E-state index >= 15 is 0 Å². The number of esters is 2. The van der Waals surface area contributed by atoms with E-state index in [-0.39, 0.29) is 11.9 Å². The van der Waals surface area contributed by atoms with Gasteiger partial charge in [0.1, 0.15) is 0 Å². The maximum Gasteiger partial charge on any atom is 0.305 e. The Balaban J connectivity index is 0. The van der Waals surface area contributed by atoms with E-state index in [2.05, 4.69) is 16.4 Å². The highest BCUT2D eigenvalue weighted by atomic mass is 16.5. The first-order valence-corrected chi connectivity index (χ1v) is 5.75. The van der Waals surface area contributed by atoms with E-state index in [0.717, 1.165) is 25.7 Å². The minimum Gasteiger partial charge on any atom is -0.469 e. The van der Waals surface area contributed by atoms with Crippen molar-refractivity contribution < 1.29 is 19.1 Å². The van der Waals surface area contributed by atoms with Crippen molar-refractivity contribution in [1.82, 2.24) is 0 Å². The zero-order valence-electron chi connectivity index (χ0n) is 10.9. The molecular weight excluding hydrogens is 208 g/mol. The average Bonchev–Trinajstić information content (AvgIpc) is 2.30. The third-order valence-corrected chi connectivity index (χ3v) is 1.89. The molecule has 0 aromatic rings. The predicted molar refractivity (Wildman–Crippen MR) is 63.1 cm³/mol. The van der Waals surface area contributed by atoms with Gasteiger partial charge in [-0.1, -0.05) is 26.7 Å². The van der Waals surface area contributed by atoms with Gasteiger partial charge in [0.25, 0.3) is 0 Å². The number of ether oxygens (including phenoxy) is 2. The van der Waals surface area contributed by atoms with E-state index in [1.54, 1.807) is 0 Å². The van der Waals surface area contributed by atoms with E-state index in [4.69, 9.17) is 0 Å². The van der Waals surface area contributed by atoms with E-state index in [9.17, 15) is 9.59 Å². The molecule has 16 heavy (non-hydrogen) atoms. The molecule has 0 rings (SSSR count). The van der Waals surface area contributed by atoms with Gasteiger partial charge in [-0.15, -0.1) is 0 Å².